The molecule has 1 aliphatic rings. The molecule has 1 heterocycles. The smallest absolute Gasteiger partial charge is 0.311 e. The molecule has 0 aromatic rings. The van der Waals surface area contributed by atoms with Crippen molar-refractivity contribution in [2.45, 2.75) is 60.2 Å². The Kier molecular flexibility index (Phi) is 5.02. The van der Waals surface area contributed by atoms with Crippen LogP contribution in [0.25, 0.3) is 0 Å². The van der Waals surface area contributed by atoms with Gasteiger partial charge in [0.1, 0.15) is 6.61 Å². The summed E-state index contributed by atoms with van der Waals surface area (Å²) < 4.78 is 15.5. The Hall–Kier alpha value is -1.59. The summed E-state index contributed by atoms with van der Waals surface area (Å²) in [6.45, 7) is 10.3. The van der Waals surface area contributed by atoms with Crippen LogP contribution in [-0.4, -0.2) is 36.7 Å². The van der Waals surface area contributed by atoms with Crippen molar-refractivity contribution in [3.8, 4) is 0 Å². The first-order valence-corrected chi connectivity index (χ1v) is 6.99. The maximum absolute atomic E-state index is 11.9. The molecule has 0 aromatic heterocycles. The lowest BCUT2D eigenvalue weighted by Crippen LogP contribution is -2.36. The summed E-state index contributed by atoms with van der Waals surface area (Å²) in [5.41, 5.74) is -1.31. The Morgan fingerprint density at radius 2 is 1.62 bits per heavy atom. The van der Waals surface area contributed by atoms with Crippen molar-refractivity contribution in [1.29, 1.82) is 0 Å². The average Bonchev–Trinajstić information content (AvgIpc) is 2.63. The Balaban J connectivity index is 2.62. The quantitative estimate of drug-likeness (QED) is 0.584. The van der Waals surface area contributed by atoms with Crippen molar-refractivity contribution >= 4 is 17.9 Å². The van der Waals surface area contributed by atoms with Crippen molar-refractivity contribution in [2.24, 2.45) is 10.8 Å². The van der Waals surface area contributed by atoms with Gasteiger partial charge in [-0.3, -0.25) is 14.4 Å². The highest BCUT2D eigenvalue weighted by Gasteiger charge is 2.41. The van der Waals surface area contributed by atoms with E-state index in [2.05, 4.69) is 0 Å². The van der Waals surface area contributed by atoms with E-state index in [1.807, 2.05) is 0 Å². The molecular formula is C15H24O6. The zero-order valence-corrected chi connectivity index (χ0v) is 13.5. The van der Waals surface area contributed by atoms with Crippen LogP contribution >= 0.6 is 0 Å². The highest BCUT2D eigenvalue weighted by Crippen LogP contribution is 2.24. The molecule has 0 spiro atoms. The lowest BCUT2D eigenvalue weighted by Gasteiger charge is -2.24. The second-order valence-corrected chi connectivity index (χ2v) is 7.27. The number of esters is 3. The van der Waals surface area contributed by atoms with Gasteiger partial charge in [-0.05, 0) is 41.5 Å². The summed E-state index contributed by atoms with van der Waals surface area (Å²) >= 11 is 0. The summed E-state index contributed by atoms with van der Waals surface area (Å²) in [7, 11) is 0. The highest BCUT2D eigenvalue weighted by molar-refractivity contribution is 5.78. The van der Waals surface area contributed by atoms with E-state index in [-0.39, 0.29) is 13.0 Å². The summed E-state index contributed by atoms with van der Waals surface area (Å²) in [5, 5.41) is 0. The van der Waals surface area contributed by atoms with E-state index >= 15 is 0 Å². The van der Waals surface area contributed by atoms with E-state index in [4.69, 9.17) is 14.2 Å². The fourth-order valence-electron chi connectivity index (χ4n) is 1.54. The van der Waals surface area contributed by atoms with Gasteiger partial charge in [0, 0.05) is 0 Å². The fourth-order valence-corrected chi connectivity index (χ4v) is 1.54. The first-order valence-electron chi connectivity index (χ1n) is 6.99. The molecule has 21 heavy (non-hydrogen) atoms. The largest absolute Gasteiger partial charge is 0.461 e. The third-order valence-electron chi connectivity index (χ3n) is 2.93. The van der Waals surface area contributed by atoms with Gasteiger partial charge in [0.2, 0.25) is 0 Å². The third-order valence-corrected chi connectivity index (χ3v) is 2.93. The molecule has 1 aliphatic heterocycles. The van der Waals surface area contributed by atoms with Crippen molar-refractivity contribution in [1.82, 2.24) is 0 Å². The zero-order valence-electron chi connectivity index (χ0n) is 13.5. The van der Waals surface area contributed by atoms with Crippen LogP contribution < -0.4 is 0 Å². The molecule has 0 amide bonds. The molecule has 0 N–H and O–H groups in total. The first kappa shape index (κ1) is 17.5. The second kappa shape index (κ2) is 6.03. The lowest BCUT2D eigenvalue weighted by atomic mass is 9.97. The molecule has 0 bridgehead atoms. The van der Waals surface area contributed by atoms with Crippen molar-refractivity contribution in [3.63, 3.8) is 0 Å². The summed E-state index contributed by atoms with van der Waals surface area (Å²) in [6.07, 6.45) is -1.47. The normalized spacial score (nSPS) is 22.7. The van der Waals surface area contributed by atoms with Crippen LogP contribution in [0.4, 0.5) is 0 Å². The van der Waals surface area contributed by atoms with Crippen LogP contribution in [0, 0.1) is 10.8 Å². The second-order valence-electron chi connectivity index (χ2n) is 7.27. The predicted molar refractivity (Wildman–Crippen MR) is 74.2 cm³/mol. The van der Waals surface area contributed by atoms with E-state index < -0.39 is 40.9 Å². The van der Waals surface area contributed by atoms with Crippen LogP contribution in [-0.2, 0) is 28.6 Å². The van der Waals surface area contributed by atoms with Gasteiger partial charge in [-0.2, -0.15) is 0 Å². The SMILES string of the molecule is CC(C)(C)C(=O)OCC1OC(=O)CC1OC(=O)C(C)(C)C. The van der Waals surface area contributed by atoms with Gasteiger partial charge < -0.3 is 14.2 Å². The van der Waals surface area contributed by atoms with Crippen LogP contribution in [0.3, 0.4) is 0 Å². The molecule has 2 atom stereocenters. The molecule has 6 heteroatoms. The van der Waals surface area contributed by atoms with Gasteiger partial charge >= 0.3 is 17.9 Å². The zero-order chi connectivity index (χ0) is 16.4. The molecule has 1 saturated heterocycles. The average molecular weight is 300 g/mol. The Bertz CT molecular complexity index is 426. The molecule has 0 aromatic carbocycles. The Morgan fingerprint density at radius 1 is 1.10 bits per heavy atom. The molecule has 0 radical (unpaired) electrons. The van der Waals surface area contributed by atoms with Gasteiger partial charge in [-0.1, -0.05) is 0 Å². The monoisotopic (exact) mass is 300 g/mol. The molecular weight excluding hydrogens is 276 g/mol. The van der Waals surface area contributed by atoms with Gasteiger partial charge in [0.25, 0.3) is 0 Å². The number of ether oxygens (including phenoxy) is 3. The van der Waals surface area contributed by atoms with Crippen LogP contribution in [0.5, 0.6) is 0 Å². The van der Waals surface area contributed by atoms with Gasteiger partial charge in [0.15, 0.2) is 12.2 Å². The Morgan fingerprint density at radius 3 is 2.10 bits per heavy atom. The minimum atomic E-state index is -0.741. The number of cyclic esters (lactones) is 1. The lowest BCUT2D eigenvalue weighted by molar-refractivity contribution is -0.168. The highest BCUT2D eigenvalue weighted by atomic mass is 16.6. The molecule has 1 rings (SSSR count). The van der Waals surface area contributed by atoms with E-state index in [1.54, 1.807) is 41.5 Å². The maximum atomic E-state index is 11.9. The number of carbonyl (C=O) groups is 3. The van der Waals surface area contributed by atoms with E-state index in [1.165, 1.54) is 0 Å². The Labute approximate surface area is 125 Å². The van der Waals surface area contributed by atoms with Crippen LogP contribution in [0.1, 0.15) is 48.0 Å². The summed E-state index contributed by atoms with van der Waals surface area (Å²) in [4.78, 5) is 35.0. The van der Waals surface area contributed by atoms with Gasteiger partial charge in [-0.25, -0.2) is 0 Å². The summed E-state index contributed by atoms with van der Waals surface area (Å²) in [6, 6.07) is 0. The van der Waals surface area contributed by atoms with Crippen molar-refractivity contribution in [3.05, 3.63) is 0 Å². The van der Waals surface area contributed by atoms with Gasteiger partial charge in [-0.15, -0.1) is 0 Å². The molecule has 0 aliphatic carbocycles. The van der Waals surface area contributed by atoms with E-state index in [9.17, 15) is 14.4 Å². The standard InChI is InChI=1S/C15H24O6/c1-14(2,3)12(17)19-8-10-9(7-11(16)20-10)21-13(18)15(4,5)6/h9-10H,7-8H2,1-6H3. The number of hydrogen-bond donors (Lipinski definition) is 0. The minimum Gasteiger partial charge on any atom is -0.461 e. The predicted octanol–water partition coefficient (Wildman–Crippen LogP) is 1.85. The van der Waals surface area contributed by atoms with E-state index in [0.29, 0.717) is 0 Å². The number of rotatable bonds is 3. The van der Waals surface area contributed by atoms with Crippen molar-refractivity contribution in [2.75, 3.05) is 6.61 Å². The van der Waals surface area contributed by atoms with Crippen molar-refractivity contribution < 1.29 is 28.6 Å². The van der Waals surface area contributed by atoms with Crippen LogP contribution in [0.15, 0.2) is 0 Å². The van der Waals surface area contributed by atoms with E-state index in [0.717, 1.165) is 0 Å². The molecule has 0 saturated carbocycles. The molecule has 120 valence electrons. The molecule has 2 unspecified atom stereocenters. The number of hydrogen-bond acceptors (Lipinski definition) is 6. The van der Waals surface area contributed by atoms with Gasteiger partial charge in [0.05, 0.1) is 17.3 Å². The summed E-state index contributed by atoms with van der Waals surface area (Å²) in [5.74, 6) is -1.28. The first-order chi connectivity index (χ1) is 9.41. The number of carbonyl (C=O) groups excluding carboxylic acids is 3. The molecule has 6 nitrogen and oxygen atoms in total. The third kappa shape index (κ3) is 5.02. The van der Waals surface area contributed by atoms with Crippen LogP contribution in [0.2, 0.25) is 0 Å². The minimum absolute atomic E-state index is 0.0143. The maximum Gasteiger partial charge on any atom is 0.311 e. The molecule has 1 fully saturated rings. The topological polar surface area (TPSA) is 78.9 Å². The fraction of sp³-hybridized carbons (Fsp3) is 0.800.